The average Bonchev–Trinajstić information content (AvgIpc) is 2.70. The molecule has 2 N–H and O–H groups in total. The zero-order valence-corrected chi connectivity index (χ0v) is 16.1. The highest BCUT2D eigenvalue weighted by Crippen LogP contribution is 2.24. The molecular formula is C22H23N3O3. The second-order valence-electron chi connectivity index (χ2n) is 6.40. The first-order valence-electron chi connectivity index (χ1n) is 8.99. The zero-order chi connectivity index (χ0) is 19.9. The summed E-state index contributed by atoms with van der Waals surface area (Å²) in [6.45, 7) is 3.97. The lowest BCUT2D eigenvalue weighted by Gasteiger charge is -2.12. The van der Waals surface area contributed by atoms with Crippen molar-refractivity contribution in [3.8, 4) is 11.5 Å². The minimum atomic E-state index is -0.240. The molecule has 6 nitrogen and oxygen atoms in total. The molecule has 0 fully saturated rings. The third kappa shape index (κ3) is 5.01. The van der Waals surface area contributed by atoms with Crippen molar-refractivity contribution in [1.29, 1.82) is 0 Å². The summed E-state index contributed by atoms with van der Waals surface area (Å²) in [5.41, 5.74) is 1.95. The van der Waals surface area contributed by atoms with E-state index in [9.17, 15) is 4.79 Å². The number of benzene rings is 2. The van der Waals surface area contributed by atoms with Crippen LogP contribution in [0.15, 0.2) is 66.9 Å². The van der Waals surface area contributed by atoms with Gasteiger partial charge in [0.15, 0.2) is 0 Å². The number of nitrogens with zero attached hydrogens (tertiary/aromatic N) is 1. The smallest absolute Gasteiger partial charge is 0.255 e. The van der Waals surface area contributed by atoms with Crippen molar-refractivity contribution < 1.29 is 14.3 Å². The van der Waals surface area contributed by atoms with Gasteiger partial charge in [0.2, 0.25) is 0 Å². The molecule has 6 heteroatoms. The van der Waals surface area contributed by atoms with Gasteiger partial charge in [-0.1, -0.05) is 12.1 Å². The quantitative estimate of drug-likeness (QED) is 0.614. The molecule has 0 aliphatic rings. The lowest BCUT2D eigenvalue weighted by atomic mass is 10.2. The van der Waals surface area contributed by atoms with Crippen LogP contribution in [0, 0.1) is 0 Å². The second-order valence-corrected chi connectivity index (χ2v) is 6.40. The molecule has 0 atom stereocenters. The Balaban J connectivity index is 1.70. The van der Waals surface area contributed by atoms with Crippen LogP contribution in [0.2, 0.25) is 0 Å². The number of hydrogen-bond donors (Lipinski definition) is 2. The van der Waals surface area contributed by atoms with Crippen molar-refractivity contribution in [2.75, 3.05) is 17.7 Å². The maximum Gasteiger partial charge on any atom is 0.255 e. The van der Waals surface area contributed by atoms with Gasteiger partial charge < -0.3 is 20.1 Å². The Kier molecular flexibility index (Phi) is 6.11. The van der Waals surface area contributed by atoms with Crippen molar-refractivity contribution in [3.05, 3.63) is 72.4 Å². The fraction of sp³-hybridized carbons (Fsp3) is 0.182. The Morgan fingerprint density at radius 3 is 2.50 bits per heavy atom. The number of carbonyl (C=O) groups excluding carboxylic acids is 1. The van der Waals surface area contributed by atoms with Crippen molar-refractivity contribution in [1.82, 2.24) is 4.98 Å². The number of anilines is 3. The standard InChI is InChI=1S/C22H23N3O3/c1-15(2)28-18-10-8-17(9-11-18)24-21-14-16(12-13-23-21)22(26)25-19-6-4-5-7-20(19)27-3/h4-15H,1-3H3,(H,23,24)(H,25,26). The van der Waals surface area contributed by atoms with E-state index in [1.165, 1.54) is 0 Å². The van der Waals surface area contributed by atoms with Gasteiger partial charge in [0, 0.05) is 17.4 Å². The molecule has 144 valence electrons. The first kappa shape index (κ1) is 19.2. The number of amides is 1. The van der Waals surface area contributed by atoms with Crippen LogP contribution in [0.4, 0.5) is 17.2 Å². The summed E-state index contributed by atoms with van der Waals surface area (Å²) in [4.78, 5) is 16.9. The third-order valence-electron chi connectivity index (χ3n) is 3.88. The first-order valence-corrected chi connectivity index (χ1v) is 8.99. The molecule has 28 heavy (non-hydrogen) atoms. The SMILES string of the molecule is COc1ccccc1NC(=O)c1ccnc(Nc2ccc(OC(C)C)cc2)c1. The minimum Gasteiger partial charge on any atom is -0.495 e. The van der Waals surface area contributed by atoms with Gasteiger partial charge in [-0.25, -0.2) is 4.98 Å². The Morgan fingerprint density at radius 2 is 1.79 bits per heavy atom. The monoisotopic (exact) mass is 377 g/mol. The van der Waals surface area contributed by atoms with E-state index in [4.69, 9.17) is 9.47 Å². The summed E-state index contributed by atoms with van der Waals surface area (Å²) in [7, 11) is 1.57. The Labute approximate surface area is 164 Å². The van der Waals surface area contributed by atoms with E-state index < -0.39 is 0 Å². The van der Waals surface area contributed by atoms with Gasteiger partial charge in [0.1, 0.15) is 17.3 Å². The number of ether oxygens (including phenoxy) is 2. The molecule has 0 spiro atoms. The van der Waals surface area contributed by atoms with Crippen molar-refractivity contribution >= 4 is 23.1 Å². The molecule has 1 heterocycles. The highest BCUT2D eigenvalue weighted by atomic mass is 16.5. The molecule has 2 aromatic carbocycles. The third-order valence-corrected chi connectivity index (χ3v) is 3.88. The Morgan fingerprint density at radius 1 is 1.04 bits per heavy atom. The molecular weight excluding hydrogens is 354 g/mol. The van der Waals surface area contributed by atoms with Gasteiger partial charge in [-0.2, -0.15) is 0 Å². The van der Waals surface area contributed by atoms with Crippen LogP contribution in [-0.2, 0) is 0 Å². The second kappa shape index (κ2) is 8.90. The molecule has 3 rings (SSSR count). The van der Waals surface area contributed by atoms with Crippen molar-refractivity contribution in [2.45, 2.75) is 20.0 Å². The zero-order valence-electron chi connectivity index (χ0n) is 16.1. The van der Waals surface area contributed by atoms with Gasteiger partial charge in [0.05, 0.1) is 18.9 Å². The topological polar surface area (TPSA) is 72.5 Å². The maximum atomic E-state index is 12.6. The number of rotatable bonds is 7. The molecule has 0 saturated carbocycles. The van der Waals surface area contributed by atoms with Crippen LogP contribution in [0.3, 0.4) is 0 Å². The van der Waals surface area contributed by atoms with Gasteiger partial charge >= 0.3 is 0 Å². The summed E-state index contributed by atoms with van der Waals surface area (Å²) in [5, 5.41) is 6.05. The van der Waals surface area contributed by atoms with E-state index in [0.717, 1.165) is 11.4 Å². The molecule has 1 amide bonds. The van der Waals surface area contributed by atoms with Gasteiger partial charge in [-0.15, -0.1) is 0 Å². The van der Waals surface area contributed by atoms with Gasteiger partial charge in [0.25, 0.3) is 5.91 Å². The van der Waals surface area contributed by atoms with Gasteiger partial charge in [-0.05, 0) is 62.4 Å². The molecule has 0 bridgehead atoms. The fourth-order valence-corrected chi connectivity index (χ4v) is 2.62. The van der Waals surface area contributed by atoms with E-state index in [2.05, 4.69) is 15.6 Å². The van der Waals surface area contributed by atoms with E-state index in [1.807, 2.05) is 50.2 Å². The van der Waals surface area contributed by atoms with Gasteiger partial charge in [-0.3, -0.25) is 4.79 Å². The predicted molar refractivity (Wildman–Crippen MR) is 111 cm³/mol. The normalized spacial score (nSPS) is 10.4. The minimum absolute atomic E-state index is 0.124. The number of aromatic nitrogens is 1. The lowest BCUT2D eigenvalue weighted by molar-refractivity contribution is 0.102. The van der Waals surface area contributed by atoms with Crippen LogP contribution >= 0.6 is 0 Å². The summed E-state index contributed by atoms with van der Waals surface area (Å²) >= 11 is 0. The van der Waals surface area contributed by atoms with Crippen LogP contribution in [0.25, 0.3) is 0 Å². The summed E-state index contributed by atoms with van der Waals surface area (Å²) in [6.07, 6.45) is 1.72. The van der Waals surface area contributed by atoms with Crippen LogP contribution in [0.1, 0.15) is 24.2 Å². The van der Waals surface area contributed by atoms with E-state index in [0.29, 0.717) is 22.8 Å². The van der Waals surface area contributed by atoms with Crippen LogP contribution in [-0.4, -0.2) is 24.1 Å². The first-order chi connectivity index (χ1) is 13.5. The number of hydrogen-bond acceptors (Lipinski definition) is 5. The number of pyridine rings is 1. The van der Waals surface area contributed by atoms with E-state index in [1.54, 1.807) is 37.6 Å². The number of nitrogens with one attached hydrogen (secondary N) is 2. The fourth-order valence-electron chi connectivity index (χ4n) is 2.62. The largest absolute Gasteiger partial charge is 0.495 e. The van der Waals surface area contributed by atoms with Crippen molar-refractivity contribution in [3.63, 3.8) is 0 Å². The number of carbonyl (C=O) groups is 1. The van der Waals surface area contributed by atoms with Crippen LogP contribution < -0.4 is 20.1 Å². The molecule has 0 radical (unpaired) electrons. The predicted octanol–water partition coefficient (Wildman–Crippen LogP) is 4.87. The summed E-state index contributed by atoms with van der Waals surface area (Å²) < 4.78 is 10.9. The highest BCUT2D eigenvalue weighted by Gasteiger charge is 2.10. The summed E-state index contributed by atoms with van der Waals surface area (Å²) in [5.74, 6) is 1.74. The molecule has 0 aliphatic heterocycles. The molecule has 0 unspecified atom stereocenters. The van der Waals surface area contributed by atoms with Crippen LogP contribution in [0.5, 0.6) is 11.5 Å². The number of methoxy groups -OCH3 is 1. The average molecular weight is 377 g/mol. The molecule has 3 aromatic rings. The summed E-state index contributed by atoms with van der Waals surface area (Å²) in [6, 6.07) is 18.2. The maximum absolute atomic E-state index is 12.6. The highest BCUT2D eigenvalue weighted by molar-refractivity contribution is 6.05. The molecule has 1 aromatic heterocycles. The number of para-hydroxylation sites is 2. The Bertz CT molecular complexity index is 940. The molecule has 0 aliphatic carbocycles. The van der Waals surface area contributed by atoms with Crippen molar-refractivity contribution in [2.24, 2.45) is 0 Å². The Hall–Kier alpha value is -3.54. The van der Waals surface area contributed by atoms with E-state index in [-0.39, 0.29) is 12.0 Å². The lowest BCUT2D eigenvalue weighted by Crippen LogP contribution is -2.13. The molecule has 0 saturated heterocycles. The van der Waals surface area contributed by atoms with E-state index >= 15 is 0 Å².